The number of hydrogen-bond acceptors (Lipinski definition) is 2. The van der Waals surface area contributed by atoms with E-state index in [4.69, 9.17) is 4.74 Å². The first-order valence-corrected chi connectivity index (χ1v) is 6.95. The third-order valence-electron chi connectivity index (χ3n) is 4.28. The molecule has 1 N–H and O–H groups in total. The highest BCUT2D eigenvalue weighted by Crippen LogP contribution is 2.38. The molecule has 1 unspecified atom stereocenters. The highest BCUT2D eigenvalue weighted by molar-refractivity contribution is 5.47. The summed E-state index contributed by atoms with van der Waals surface area (Å²) >= 11 is 0. The standard InChI is InChI=1S/C15H19NO/c1-2-10-8-13-14(16-12-4-5-12)6-7-17-15(13)9-11(10)3-1/h8-9,12,14,16H,1-7H2. The Morgan fingerprint density at radius 2 is 1.88 bits per heavy atom. The molecule has 1 atom stereocenters. The highest BCUT2D eigenvalue weighted by Gasteiger charge is 2.30. The number of benzene rings is 1. The van der Waals surface area contributed by atoms with Crippen molar-refractivity contribution < 1.29 is 4.74 Å². The van der Waals surface area contributed by atoms with Crippen LogP contribution in [0.25, 0.3) is 0 Å². The average molecular weight is 229 g/mol. The van der Waals surface area contributed by atoms with Crippen LogP contribution in [-0.2, 0) is 12.8 Å². The third kappa shape index (κ3) is 1.75. The third-order valence-corrected chi connectivity index (χ3v) is 4.28. The average Bonchev–Trinajstić information content (AvgIpc) is 3.04. The molecule has 1 aliphatic heterocycles. The number of fused-ring (bicyclic) bond motifs is 2. The summed E-state index contributed by atoms with van der Waals surface area (Å²) in [5.41, 5.74) is 4.51. The van der Waals surface area contributed by atoms with Gasteiger partial charge in [-0.15, -0.1) is 0 Å². The molecular formula is C15H19NO. The van der Waals surface area contributed by atoms with E-state index in [0.29, 0.717) is 6.04 Å². The summed E-state index contributed by atoms with van der Waals surface area (Å²) < 4.78 is 5.84. The van der Waals surface area contributed by atoms with Crippen molar-refractivity contribution in [2.75, 3.05) is 6.61 Å². The Bertz CT molecular complexity index is 450. The van der Waals surface area contributed by atoms with Gasteiger partial charge in [-0.2, -0.15) is 0 Å². The van der Waals surface area contributed by atoms with Crippen molar-refractivity contribution in [3.8, 4) is 5.75 Å². The Morgan fingerprint density at radius 1 is 1.06 bits per heavy atom. The topological polar surface area (TPSA) is 21.3 Å². The van der Waals surface area contributed by atoms with Gasteiger partial charge in [-0.1, -0.05) is 6.07 Å². The normalized spacial score (nSPS) is 26.2. The molecule has 0 amide bonds. The van der Waals surface area contributed by atoms with Crippen LogP contribution in [0, 0.1) is 0 Å². The maximum absolute atomic E-state index is 5.84. The fourth-order valence-electron chi connectivity index (χ4n) is 3.17. The molecule has 1 aromatic rings. The summed E-state index contributed by atoms with van der Waals surface area (Å²) in [6.07, 6.45) is 7.67. The summed E-state index contributed by atoms with van der Waals surface area (Å²) in [6.45, 7) is 0.871. The van der Waals surface area contributed by atoms with Gasteiger partial charge in [-0.3, -0.25) is 0 Å². The second kappa shape index (κ2) is 3.74. The molecule has 90 valence electrons. The number of hydrogen-bond donors (Lipinski definition) is 1. The summed E-state index contributed by atoms with van der Waals surface area (Å²) in [4.78, 5) is 0. The van der Waals surface area contributed by atoms with Gasteiger partial charge in [0.2, 0.25) is 0 Å². The molecule has 17 heavy (non-hydrogen) atoms. The molecule has 1 saturated carbocycles. The van der Waals surface area contributed by atoms with E-state index in [0.717, 1.165) is 24.8 Å². The van der Waals surface area contributed by atoms with E-state index < -0.39 is 0 Å². The molecule has 0 saturated heterocycles. The second-order valence-electron chi connectivity index (χ2n) is 5.64. The summed E-state index contributed by atoms with van der Waals surface area (Å²) in [7, 11) is 0. The van der Waals surface area contributed by atoms with Crippen molar-refractivity contribution in [3.63, 3.8) is 0 Å². The van der Waals surface area contributed by atoms with Crippen molar-refractivity contribution in [2.45, 2.75) is 50.6 Å². The van der Waals surface area contributed by atoms with Crippen LogP contribution in [0.1, 0.15) is 48.4 Å². The van der Waals surface area contributed by atoms with Gasteiger partial charge >= 0.3 is 0 Å². The Hall–Kier alpha value is -1.02. The van der Waals surface area contributed by atoms with E-state index >= 15 is 0 Å². The molecule has 1 heterocycles. The molecule has 1 fully saturated rings. The number of rotatable bonds is 2. The van der Waals surface area contributed by atoms with Crippen LogP contribution in [-0.4, -0.2) is 12.6 Å². The molecule has 2 nitrogen and oxygen atoms in total. The van der Waals surface area contributed by atoms with Gasteiger partial charge in [0.15, 0.2) is 0 Å². The first-order valence-electron chi connectivity index (χ1n) is 6.95. The minimum absolute atomic E-state index is 0.539. The Balaban J connectivity index is 1.71. The fourth-order valence-corrected chi connectivity index (χ4v) is 3.17. The minimum Gasteiger partial charge on any atom is -0.493 e. The van der Waals surface area contributed by atoms with Gasteiger partial charge in [-0.05, 0) is 49.3 Å². The van der Waals surface area contributed by atoms with E-state index in [-0.39, 0.29) is 0 Å². The smallest absolute Gasteiger partial charge is 0.124 e. The molecule has 0 aromatic heterocycles. The molecule has 0 bridgehead atoms. The molecule has 4 rings (SSSR count). The SMILES string of the molecule is c1c2c(cc3c1OCCC3NC1CC1)CCC2. The monoisotopic (exact) mass is 229 g/mol. The van der Waals surface area contributed by atoms with Crippen LogP contribution in [0.4, 0.5) is 0 Å². The zero-order chi connectivity index (χ0) is 11.2. The van der Waals surface area contributed by atoms with E-state index in [2.05, 4.69) is 17.4 Å². The Morgan fingerprint density at radius 3 is 2.71 bits per heavy atom. The molecule has 0 spiro atoms. The van der Waals surface area contributed by atoms with E-state index in [1.165, 1.54) is 43.2 Å². The molecule has 1 aromatic carbocycles. The van der Waals surface area contributed by atoms with Gasteiger partial charge in [0.05, 0.1) is 6.61 Å². The van der Waals surface area contributed by atoms with Gasteiger partial charge in [0, 0.05) is 24.1 Å². The van der Waals surface area contributed by atoms with Crippen LogP contribution in [0.15, 0.2) is 12.1 Å². The number of nitrogens with one attached hydrogen (secondary N) is 1. The maximum atomic E-state index is 5.84. The summed E-state index contributed by atoms with van der Waals surface area (Å²) in [5.74, 6) is 1.15. The van der Waals surface area contributed by atoms with E-state index in [1.54, 1.807) is 5.56 Å². The van der Waals surface area contributed by atoms with Gasteiger partial charge in [0.25, 0.3) is 0 Å². The van der Waals surface area contributed by atoms with Gasteiger partial charge in [0.1, 0.15) is 5.75 Å². The van der Waals surface area contributed by atoms with Crippen molar-refractivity contribution >= 4 is 0 Å². The zero-order valence-corrected chi connectivity index (χ0v) is 10.2. The molecule has 2 heteroatoms. The fraction of sp³-hybridized carbons (Fsp3) is 0.600. The van der Waals surface area contributed by atoms with Crippen LogP contribution < -0.4 is 10.1 Å². The van der Waals surface area contributed by atoms with Gasteiger partial charge in [-0.25, -0.2) is 0 Å². The Kier molecular flexibility index (Phi) is 2.19. The molecule has 3 aliphatic rings. The van der Waals surface area contributed by atoms with Crippen LogP contribution in [0.5, 0.6) is 5.75 Å². The first-order chi connectivity index (χ1) is 8.40. The van der Waals surface area contributed by atoms with Crippen LogP contribution in [0.3, 0.4) is 0 Å². The van der Waals surface area contributed by atoms with Crippen molar-refractivity contribution in [3.05, 3.63) is 28.8 Å². The summed E-state index contributed by atoms with van der Waals surface area (Å²) in [5, 5.41) is 3.76. The first kappa shape index (κ1) is 9.95. The second-order valence-corrected chi connectivity index (χ2v) is 5.64. The lowest BCUT2D eigenvalue weighted by Gasteiger charge is -2.27. The lowest BCUT2D eigenvalue weighted by molar-refractivity contribution is 0.252. The van der Waals surface area contributed by atoms with Crippen LogP contribution in [0.2, 0.25) is 0 Å². The lowest BCUT2D eigenvalue weighted by atomic mass is 9.96. The van der Waals surface area contributed by atoms with Crippen molar-refractivity contribution in [1.29, 1.82) is 0 Å². The van der Waals surface area contributed by atoms with Crippen LogP contribution >= 0.6 is 0 Å². The van der Waals surface area contributed by atoms with Crippen molar-refractivity contribution in [2.24, 2.45) is 0 Å². The molecule has 2 aliphatic carbocycles. The quantitative estimate of drug-likeness (QED) is 0.842. The van der Waals surface area contributed by atoms with Gasteiger partial charge < -0.3 is 10.1 Å². The zero-order valence-electron chi connectivity index (χ0n) is 10.2. The summed E-state index contributed by atoms with van der Waals surface area (Å²) in [6, 6.07) is 6.03. The highest BCUT2D eigenvalue weighted by atomic mass is 16.5. The number of aryl methyl sites for hydroxylation is 2. The minimum atomic E-state index is 0.539. The van der Waals surface area contributed by atoms with E-state index in [1.807, 2.05) is 0 Å². The predicted molar refractivity (Wildman–Crippen MR) is 67.5 cm³/mol. The predicted octanol–water partition coefficient (Wildman–Crippen LogP) is 2.75. The largest absolute Gasteiger partial charge is 0.493 e. The Labute approximate surface area is 102 Å². The van der Waals surface area contributed by atoms with E-state index in [9.17, 15) is 0 Å². The molecule has 0 radical (unpaired) electrons. The number of ether oxygens (including phenoxy) is 1. The molecular weight excluding hydrogens is 210 g/mol. The van der Waals surface area contributed by atoms with Crippen molar-refractivity contribution in [1.82, 2.24) is 5.32 Å². The maximum Gasteiger partial charge on any atom is 0.124 e. The lowest BCUT2D eigenvalue weighted by Crippen LogP contribution is -2.28.